The number of hydrogen-bond acceptors (Lipinski definition) is 1. The van der Waals surface area contributed by atoms with Gasteiger partial charge in [-0.1, -0.05) is 43.2 Å². The fourth-order valence-corrected chi connectivity index (χ4v) is 1.16. The Morgan fingerprint density at radius 2 is 1.92 bits per heavy atom. The van der Waals surface area contributed by atoms with Crippen LogP contribution in [0.2, 0.25) is 0 Å². The van der Waals surface area contributed by atoms with E-state index in [-0.39, 0.29) is 0 Å². The molecule has 0 fully saturated rings. The van der Waals surface area contributed by atoms with Crippen LogP contribution in [-0.4, -0.2) is 6.26 Å². The molecule has 0 aliphatic carbocycles. The van der Waals surface area contributed by atoms with Gasteiger partial charge in [0.2, 0.25) is 0 Å². The van der Waals surface area contributed by atoms with E-state index in [1.807, 2.05) is 0 Å². The second kappa shape index (κ2) is 7.23. The van der Waals surface area contributed by atoms with Crippen LogP contribution in [0.5, 0.6) is 0 Å². The van der Waals surface area contributed by atoms with Crippen LogP contribution >= 0.6 is 12.6 Å². The highest BCUT2D eigenvalue weighted by Gasteiger charge is 1.88. The Hall–Kier alpha value is -0.430. The Morgan fingerprint density at radius 3 is 2.42 bits per heavy atom. The number of thiol groups is 1. The molecule has 0 aliphatic heterocycles. The summed E-state index contributed by atoms with van der Waals surface area (Å²) in [6, 6.07) is 8.71. The largest absolute Gasteiger partial charge is 0.183 e. The van der Waals surface area contributed by atoms with E-state index in [1.54, 1.807) is 6.26 Å². The molecule has 0 nitrogen and oxygen atoms in total. The molecule has 0 aliphatic rings. The molecule has 12 heavy (non-hydrogen) atoms. The minimum Gasteiger partial charge on any atom is -0.183 e. The zero-order chi connectivity index (χ0) is 9.40. The van der Waals surface area contributed by atoms with Gasteiger partial charge in [0.15, 0.2) is 0 Å². The molecule has 0 saturated heterocycles. The van der Waals surface area contributed by atoms with Gasteiger partial charge in [-0.3, -0.25) is 0 Å². The lowest BCUT2D eigenvalue weighted by Crippen LogP contribution is -1.82. The summed E-state index contributed by atoms with van der Waals surface area (Å²) in [6.07, 6.45) is 4.14. The van der Waals surface area contributed by atoms with Crippen LogP contribution in [0.3, 0.4) is 0 Å². The van der Waals surface area contributed by atoms with Crippen molar-refractivity contribution in [2.45, 2.75) is 26.7 Å². The summed E-state index contributed by atoms with van der Waals surface area (Å²) < 4.78 is 0. The zero-order valence-corrected chi connectivity index (χ0v) is 9.07. The van der Waals surface area contributed by atoms with Crippen molar-refractivity contribution in [2.75, 3.05) is 6.26 Å². The van der Waals surface area contributed by atoms with Gasteiger partial charge in [-0.05, 0) is 25.2 Å². The maximum absolute atomic E-state index is 3.53. The molecule has 0 saturated carbocycles. The lowest BCUT2D eigenvalue weighted by Gasteiger charge is -1.97. The molecule has 0 radical (unpaired) electrons. The van der Waals surface area contributed by atoms with Crippen LogP contribution in [0.4, 0.5) is 0 Å². The normalized spacial score (nSPS) is 8.67. The molecular weight excluding hydrogens is 164 g/mol. The second-order valence-electron chi connectivity index (χ2n) is 2.74. The first-order valence-corrected chi connectivity index (χ1v) is 5.22. The summed E-state index contributed by atoms with van der Waals surface area (Å²) in [6.45, 7) is 4.35. The van der Waals surface area contributed by atoms with Gasteiger partial charge >= 0.3 is 0 Å². The Balaban J connectivity index is 0.000000561. The molecule has 0 atom stereocenters. The Morgan fingerprint density at radius 1 is 1.25 bits per heavy atom. The van der Waals surface area contributed by atoms with Crippen molar-refractivity contribution in [2.24, 2.45) is 0 Å². The standard InChI is InChI=1S/C10H14.CH4S/c1-3-5-10-7-4-6-9(2)8-10;1-2/h4,6-8H,3,5H2,1-2H3;2H,1H3. The predicted octanol–water partition coefficient (Wildman–Crippen LogP) is 3.49. The topological polar surface area (TPSA) is 0 Å². The molecule has 0 bridgehead atoms. The predicted molar refractivity (Wildman–Crippen MR) is 60.1 cm³/mol. The highest BCUT2D eigenvalue weighted by Crippen LogP contribution is 2.05. The third-order valence-electron chi connectivity index (χ3n) is 1.62. The van der Waals surface area contributed by atoms with E-state index in [0.29, 0.717) is 0 Å². The third kappa shape index (κ3) is 4.45. The van der Waals surface area contributed by atoms with Gasteiger partial charge < -0.3 is 0 Å². The van der Waals surface area contributed by atoms with Gasteiger partial charge in [-0.25, -0.2) is 0 Å². The van der Waals surface area contributed by atoms with Gasteiger partial charge in [0.25, 0.3) is 0 Å². The smallest absolute Gasteiger partial charge is 0.0215 e. The van der Waals surface area contributed by atoms with Gasteiger partial charge in [-0.2, -0.15) is 12.6 Å². The molecule has 0 amide bonds. The fourth-order valence-electron chi connectivity index (χ4n) is 1.16. The summed E-state index contributed by atoms with van der Waals surface area (Å²) in [4.78, 5) is 0. The maximum atomic E-state index is 3.53. The van der Waals surface area contributed by atoms with Gasteiger partial charge in [-0.15, -0.1) is 0 Å². The molecule has 1 heteroatoms. The van der Waals surface area contributed by atoms with Crippen LogP contribution in [0.25, 0.3) is 0 Å². The summed E-state index contributed by atoms with van der Waals surface area (Å²) in [7, 11) is 0. The van der Waals surface area contributed by atoms with Gasteiger partial charge in [0, 0.05) is 0 Å². The maximum Gasteiger partial charge on any atom is -0.0215 e. The molecule has 0 N–H and O–H groups in total. The summed E-state index contributed by atoms with van der Waals surface area (Å²) >= 11 is 3.53. The number of aryl methyl sites for hydroxylation is 2. The summed E-state index contributed by atoms with van der Waals surface area (Å²) in [5.41, 5.74) is 2.83. The first-order chi connectivity index (χ1) is 5.83. The average Bonchev–Trinajstić information content (AvgIpc) is 2.09. The van der Waals surface area contributed by atoms with Gasteiger partial charge in [0.05, 0.1) is 0 Å². The number of benzene rings is 1. The molecule has 0 unspecified atom stereocenters. The van der Waals surface area contributed by atoms with Crippen molar-refractivity contribution in [1.29, 1.82) is 0 Å². The number of rotatable bonds is 2. The molecule has 1 aromatic rings. The lowest BCUT2D eigenvalue weighted by atomic mass is 10.1. The van der Waals surface area contributed by atoms with Crippen molar-refractivity contribution in [3.8, 4) is 0 Å². The first-order valence-electron chi connectivity index (χ1n) is 4.33. The van der Waals surface area contributed by atoms with E-state index in [1.165, 1.54) is 24.0 Å². The van der Waals surface area contributed by atoms with E-state index in [9.17, 15) is 0 Å². The van der Waals surface area contributed by atoms with Crippen molar-refractivity contribution in [1.82, 2.24) is 0 Å². The van der Waals surface area contributed by atoms with Crippen molar-refractivity contribution in [3.05, 3.63) is 35.4 Å². The number of hydrogen-bond donors (Lipinski definition) is 1. The minimum atomic E-state index is 1.21. The second-order valence-corrected chi connectivity index (χ2v) is 2.74. The van der Waals surface area contributed by atoms with Crippen molar-refractivity contribution < 1.29 is 0 Å². The monoisotopic (exact) mass is 182 g/mol. The quantitative estimate of drug-likeness (QED) is 0.665. The Kier molecular flexibility index (Phi) is 6.97. The van der Waals surface area contributed by atoms with E-state index in [4.69, 9.17) is 0 Å². The molecule has 0 aromatic heterocycles. The van der Waals surface area contributed by atoms with E-state index < -0.39 is 0 Å². The first kappa shape index (κ1) is 11.6. The van der Waals surface area contributed by atoms with Crippen LogP contribution in [0.15, 0.2) is 24.3 Å². The van der Waals surface area contributed by atoms with E-state index >= 15 is 0 Å². The minimum absolute atomic E-state index is 1.21. The summed E-state index contributed by atoms with van der Waals surface area (Å²) in [5.74, 6) is 0. The zero-order valence-electron chi connectivity index (χ0n) is 8.17. The molecule has 0 heterocycles. The Labute approximate surface area is 81.4 Å². The van der Waals surface area contributed by atoms with Crippen LogP contribution in [-0.2, 0) is 6.42 Å². The van der Waals surface area contributed by atoms with Gasteiger partial charge in [0.1, 0.15) is 0 Å². The summed E-state index contributed by atoms with van der Waals surface area (Å²) in [5, 5.41) is 0. The SMILES string of the molecule is CCCc1cccc(C)c1.CS. The Bertz CT molecular complexity index is 206. The third-order valence-corrected chi connectivity index (χ3v) is 1.62. The molecule has 68 valence electrons. The fraction of sp³-hybridized carbons (Fsp3) is 0.455. The highest BCUT2D eigenvalue weighted by molar-refractivity contribution is 7.79. The highest BCUT2D eigenvalue weighted by atomic mass is 32.1. The molecule has 1 rings (SSSR count). The van der Waals surface area contributed by atoms with Crippen LogP contribution < -0.4 is 0 Å². The lowest BCUT2D eigenvalue weighted by molar-refractivity contribution is 0.920. The average molecular weight is 182 g/mol. The van der Waals surface area contributed by atoms with Crippen LogP contribution in [0, 0.1) is 6.92 Å². The molecule has 1 aromatic carbocycles. The van der Waals surface area contributed by atoms with E-state index in [2.05, 4.69) is 50.7 Å². The van der Waals surface area contributed by atoms with E-state index in [0.717, 1.165) is 0 Å². The van der Waals surface area contributed by atoms with Crippen molar-refractivity contribution in [3.63, 3.8) is 0 Å². The van der Waals surface area contributed by atoms with Crippen molar-refractivity contribution >= 4 is 12.6 Å². The molecule has 0 spiro atoms. The molecular formula is C11H18S. The van der Waals surface area contributed by atoms with Crippen LogP contribution in [0.1, 0.15) is 24.5 Å².